The molecule has 0 radical (unpaired) electrons. The fraction of sp³-hybridized carbons (Fsp3) is 0.393. The quantitative estimate of drug-likeness (QED) is 0.0160. The summed E-state index contributed by atoms with van der Waals surface area (Å²) in [5.41, 5.74) is 14.8. The predicted molar refractivity (Wildman–Crippen MR) is 467 cm³/mol. The van der Waals surface area contributed by atoms with Gasteiger partial charge in [-0.15, -0.1) is 0 Å². The van der Waals surface area contributed by atoms with E-state index in [1.165, 1.54) is 14.2 Å². The van der Waals surface area contributed by atoms with Crippen molar-refractivity contribution in [1.29, 1.82) is 0 Å². The molecule has 4 unspecified atom stereocenters. The Morgan fingerprint density at radius 2 is 0.805 bits per heavy atom. The Kier molecular flexibility index (Phi) is 30.6. The van der Waals surface area contributed by atoms with Crippen LogP contribution in [0.15, 0.2) is 164 Å². The largest absolute Gasteiger partial charge is 0.496 e. The lowest BCUT2D eigenvalue weighted by molar-refractivity contribution is -0.870. The molecular weight excluding hydrogens is 1550 g/mol. The van der Waals surface area contributed by atoms with Crippen molar-refractivity contribution < 1.29 is 79.9 Å². The molecule has 0 saturated carbocycles. The molecule has 29 heteroatoms. The van der Waals surface area contributed by atoms with E-state index in [-0.39, 0.29) is 95.8 Å². The highest BCUT2D eigenvalue weighted by Gasteiger charge is 2.34. The van der Waals surface area contributed by atoms with Gasteiger partial charge in [0.1, 0.15) is 51.7 Å². The number of aromatic nitrogens is 3. The summed E-state index contributed by atoms with van der Waals surface area (Å²) in [4.78, 5) is 98.4. The minimum Gasteiger partial charge on any atom is -0.496 e. The third kappa shape index (κ3) is 24.9. The van der Waals surface area contributed by atoms with Crippen LogP contribution in [-0.2, 0) is 47.7 Å². The highest BCUT2D eigenvalue weighted by atomic mass is 31.2. The Morgan fingerprint density at radius 3 is 1.19 bits per heavy atom. The second-order valence-electron chi connectivity index (χ2n) is 33.5. The molecule has 1 saturated heterocycles. The molecular formula is C89H118N12O14P3+3. The summed E-state index contributed by atoms with van der Waals surface area (Å²) in [7, 11) is 8.31. The molecule has 26 nitrogen and oxygen atoms in total. The molecule has 3 aromatic heterocycles. The lowest BCUT2D eigenvalue weighted by Crippen LogP contribution is -2.48. The van der Waals surface area contributed by atoms with Crippen molar-refractivity contribution in [3.05, 3.63) is 203 Å². The molecule has 0 bridgehead atoms. The van der Waals surface area contributed by atoms with E-state index < -0.39 is 28.1 Å². The average Bonchev–Trinajstić information content (AvgIpc) is 0.804. The van der Waals surface area contributed by atoms with E-state index >= 15 is 13.7 Å². The van der Waals surface area contributed by atoms with Gasteiger partial charge in [-0.2, -0.15) is 0 Å². The summed E-state index contributed by atoms with van der Waals surface area (Å²) < 4.78 is 78.3. The number of pyridine rings is 3. The van der Waals surface area contributed by atoms with Crippen LogP contribution in [0.2, 0.25) is 0 Å². The number of rotatable bonds is 37. The van der Waals surface area contributed by atoms with Crippen molar-refractivity contribution in [1.82, 2.24) is 40.3 Å². The third-order valence-electron chi connectivity index (χ3n) is 20.7. The van der Waals surface area contributed by atoms with Gasteiger partial charge in [-0.3, -0.25) is 42.8 Å². The average molecular weight is 1670 g/mol. The Bertz CT molecular complexity index is 5140. The molecule has 630 valence electrons. The Morgan fingerprint density at radius 1 is 0.458 bits per heavy atom. The summed E-state index contributed by atoms with van der Waals surface area (Å²) in [6, 6.07) is 46.0. The number of amides is 2. The van der Waals surface area contributed by atoms with Gasteiger partial charge in [-0.1, -0.05) is 54.6 Å². The zero-order chi connectivity index (χ0) is 85.5. The third-order valence-corrected chi connectivity index (χ3v) is 26.2. The molecule has 0 aliphatic carbocycles. The maximum atomic E-state index is 15.2. The number of benzene rings is 6. The van der Waals surface area contributed by atoms with Crippen LogP contribution in [0.5, 0.6) is 28.7 Å². The molecule has 1 fully saturated rings. The van der Waals surface area contributed by atoms with Gasteiger partial charge in [0.15, 0.2) is 19.0 Å². The van der Waals surface area contributed by atoms with Gasteiger partial charge in [0.2, 0.25) is 0 Å². The van der Waals surface area contributed by atoms with E-state index in [2.05, 4.69) is 67.6 Å². The minimum atomic E-state index is -4.45. The number of nitrogens with one attached hydrogen (secondary N) is 2. The topological polar surface area (TPSA) is 308 Å². The first-order valence-corrected chi connectivity index (χ1v) is 44.7. The number of nitrogens with zero attached hydrogens (tertiary/aromatic N) is 9. The fourth-order valence-corrected chi connectivity index (χ4v) is 18.7. The van der Waals surface area contributed by atoms with Gasteiger partial charge in [-0.05, 0) is 169 Å². The zero-order valence-corrected chi connectivity index (χ0v) is 73.6. The number of likely N-dealkylation sites (N-methyl/N-ethyl adjacent to an activating group) is 2. The highest BCUT2D eigenvalue weighted by molar-refractivity contribution is 7.74. The number of carbonyl (C=O) groups is 3. The smallest absolute Gasteiger partial charge is 0.276 e. The normalized spacial score (nSPS) is 15.6. The summed E-state index contributed by atoms with van der Waals surface area (Å²) in [6.07, 6.45) is 1.07. The van der Waals surface area contributed by atoms with Crippen LogP contribution in [0.1, 0.15) is 52.2 Å². The van der Waals surface area contributed by atoms with Crippen LogP contribution in [0.3, 0.4) is 0 Å². The van der Waals surface area contributed by atoms with Crippen molar-refractivity contribution in [3.63, 3.8) is 0 Å². The van der Waals surface area contributed by atoms with E-state index in [1.54, 1.807) is 127 Å². The second kappa shape index (κ2) is 39.7. The van der Waals surface area contributed by atoms with Crippen LogP contribution in [0.25, 0.3) is 33.4 Å². The van der Waals surface area contributed by atoms with Crippen molar-refractivity contribution in [2.75, 3.05) is 169 Å². The van der Waals surface area contributed by atoms with E-state index in [9.17, 15) is 29.1 Å². The van der Waals surface area contributed by atoms with Crippen molar-refractivity contribution in [3.8, 4) is 62.1 Å². The van der Waals surface area contributed by atoms with Gasteiger partial charge < -0.3 is 68.2 Å². The number of carbonyl (C=O) groups excluding carboxylic acids is 3. The molecule has 1 aliphatic rings. The Balaban J connectivity index is 1.08. The molecule has 2 amide bonds. The van der Waals surface area contributed by atoms with Gasteiger partial charge in [0.25, 0.3) is 33.9 Å². The maximum Gasteiger partial charge on any atom is 0.276 e. The molecule has 1 aliphatic heterocycles. The molecule has 4 heterocycles. The number of nitrogens with two attached hydrogens (primary N) is 1. The van der Waals surface area contributed by atoms with Crippen LogP contribution < -0.4 is 72.3 Å². The molecule has 118 heavy (non-hydrogen) atoms. The number of hydrogen-bond acceptors (Lipinski definition) is 18. The van der Waals surface area contributed by atoms with Gasteiger partial charge >= 0.3 is 0 Å². The fourth-order valence-electron chi connectivity index (χ4n) is 14.5. The summed E-state index contributed by atoms with van der Waals surface area (Å²) in [5, 5.41) is 6.41. The Hall–Kier alpha value is -9.33. The summed E-state index contributed by atoms with van der Waals surface area (Å²) in [5.74, 6) is 1.46. The number of aryl methyl sites for hydroxylation is 4. The SMILES string of the molecule is COc1cc(OCC(=O)CCC[N+](C)(C)C)cc(C)c1-c1cc(CN2CCN(Cc3cc(-c4c(C)cc(OCC(=O)NCC[N+](C)(C)C)cc4C)cc(P(=O)(O)c4ccccc4)n3)CC(CN)N(Cc3cc(-c4c(C)cc(OCC(=O)NCC[N+](C)(C)C)cc4OC)cc(P(=O)(O)c4ccccc4)n3)CC2)nc(P(=O)(O)c2ccccc2)c1. The molecule has 9 aromatic rings. The summed E-state index contributed by atoms with van der Waals surface area (Å²) in [6.45, 7) is 12.4. The molecule has 0 spiro atoms. The number of ketones is 1. The van der Waals surface area contributed by atoms with Crippen molar-refractivity contribution >= 4 is 71.9 Å². The monoisotopic (exact) mass is 1670 g/mol. The predicted octanol–water partition coefficient (Wildman–Crippen LogP) is 7.77. The number of quaternary nitrogens is 3. The van der Waals surface area contributed by atoms with Gasteiger partial charge in [0, 0.05) is 117 Å². The second-order valence-corrected chi connectivity index (χ2v) is 39.9. The Labute approximate surface area is 695 Å². The molecule has 6 aromatic carbocycles. The number of methoxy groups -OCH3 is 2. The van der Waals surface area contributed by atoms with E-state index in [0.29, 0.717) is 159 Å². The molecule has 10 rings (SSSR count). The lowest BCUT2D eigenvalue weighted by Gasteiger charge is -2.34. The van der Waals surface area contributed by atoms with Crippen molar-refractivity contribution in [2.24, 2.45) is 5.73 Å². The van der Waals surface area contributed by atoms with Gasteiger partial charge in [-0.25, -0.2) is 15.0 Å². The summed E-state index contributed by atoms with van der Waals surface area (Å²) >= 11 is 0. The maximum absolute atomic E-state index is 15.2. The first kappa shape index (κ1) is 91.0. The van der Waals surface area contributed by atoms with Crippen LogP contribution >= 0.6 is 22.1 Å². The van der Waals surface area contributed by atoms with E-state index in [1.807, 2.05) is 85.2 Å². The minimum absolute atomic E-state index is 0.0377. The van der Waals surface area contributed by atoms with Crippen molar-refractivity contribution in [2.45, 2.75) is 66.2 Å². The zero-order valence-electron chi connectivity index (χ0n) is 70.9. The lowest BCUT2D eigenvalue weighted by atomic mass is 9.95. The first-order chi connectivity index (χ1) is 55.8. The van der Waals surface area contributed by atoms with Gasteiger partial charge in [0.05, 0.1) is 127 Å². The number of Topliss-reactive ketones (excluding diaryl/α,β-unsaturated/α-hetero) is 1. The van der Waals surface area contributed by atoms with Crippen LogP contribution in [-0.4, -0.2) is 251 Å². The number of ether oxygens (including phenoxy) is 5. The van der Waals surface area contributed by atoms with Crippen LogP contribution in [0, 0.1) is 27.7 Å². The first-order valence-electron chi connectivity index (χ1n) is 39.7. The number of hydrogen-bond donors (Lipinski definition) is 6. The molecule has 7 N–H and O–H groups in total. The van der Waals surface area contributed by atoms with E-state index in [0.717, 1.165) is 34.3 Å². The highest BCUT2D eigenvalue weighted by Crippen LogP contribution is 2.45. The molecule has 4 atom stereocenters. The standard InChI is InChI=1S/C89H115N12O14P3/c1-62-42-74(114-60-82(103)91-33-40-100(8,9)10)43-63(2)87(62)66-46-70(94-84(49-66)116(105,106)77-27-19-16-20-28-77)56-97-36-35-96(55-69-47-67(50-85(93-69)117(107,108)78-29-21-17-22-30-78)88-64(3)44-75(52-80(88)111-14)113-59-73(102)26-25-39-99(5,6)7)37-38-98(72(54-90)58-97)57-71-48-68(51-86(95-71)118(109,110)79-31-23-18-24-32-79)89-65(4)45-76(53-81(89)112-15)115-61-83(104)92-34-41-101(11,12)13/h16-24,27-32,42-53,72H,25-26,33-41,54-61,90H2,1-15H3,(H2-3,91,92,103,104,105,106,107,108,109,110)/p+3. The van der Waals surface area contributed by atoms with Crippen LogP contribution in [0.4, 0.5) is 0 Å². The van der Waals surface area contributed by atoms with E-state index in [4.69, 9.17) is 44.4 Å².